The normalized spacial score (nSPS) is 47.7. The van der Waals surface area contributed by atoms with E-state index >= 15 is 0 Å². The first-order valence-electron chi connectivity index (χ1n) is 3.41. The molecule has 5 atom stereocenters. The van der Waals surface area contributed by atoms with Crippen molar-refractivity contribution in [2.75, 3.05) is 0 Å². The van der Waals surface area contributed by atoms with E-state index in [-0.39, 0.29) is 0 Å². The monoisotopic (exact) mass is 164 g/mol. The lowest BCUT2D eigenvalue weighted by molar-refractivity contribution is -0.143. The predicted molar refractivity (Wildman–Crippen MR) is 34.6 cm³/mol. The number of rotatable bonds is 1. The molecule has 0 aromatic rings. The van der Waals surface area contributed by atoms with E-state index in [0.29, 0.717) is 0 Å². The SMILES string of the molecule is C[C@H](O)[C@H]1OC(O)[C@H](O)[C@@H]1O. The number of aliphatic hydroxyl groups is 4. The molecule has 1 fully saturated rings. The van der Waals surface area contributed by atoms with Crippen LogP contribution in [0.5, 0.6) is 0 Å². The van der Waals surface area contributed by atoms with Gasteiger partial charge in [-0.3, -0.25) is 0 Å². The van der Waals surface area contributed by atoms with Gasteiger partial charge in [-0.25, -0.2) is 0 Å². The summed E-state index contributed by atoms with van der Waals surface area (Å²) in [6.07, 6.45) is -5.75. The minimum absolute atomic E-state index is 0.903. The van der Waals surface area contributed by atoms with Gasteiger partial charge in [0.15, 0.2) is 6.29 Å². The Morgan fingerprint density at radius 3 is 1.91 bits per heavy atom. The summed E-state index contributed by atoms with van der Waals surface area (Å²) in [5, 5.41) is 35.8. The smallest absolute Gasteiger partial charge is 0.184 e. The number of ether oxygens (including phenoxy) is 1. The molecule has 1 saturated heterocycles. The average Bonchev–Trinajstić information content (AvgIpc) is 2.17. The molecule has 0 bridgehead atoms. The molecule has 0 amide bonds. The molecule has 1 rings (SSSR count). The molecular weight excluding hydrogens is 152 g/mol. The molecular formula is C6H12O5. The van der Waals surface area contributed by atoms with Crippen LogP contribution >= 0.6 is 0 Å². The highest BCUT2D eigenvalue weighted by Crippen LogP contribution is 2.21. The predicted octanol–water partition coefficient (Wildman–Crippen LogP) is -2.19. The van der Waals surface area contributed by atoms with Crippen molar-refractivity contribution in [3.05, 3.63) is 0 Å². The third kappa shape index (κ3) is 1.52. The van der Waals surface area contributed by atoms with Crippen molar-refractivity contribution >= 4 is 0 Å². The van der Waals surface area contributed by atoms with Gasteiger partial charge in [-0.05, 0) is 6.92 Å². The molecule has 0 aromatic heterocycles. The first-order valence-corrected chi connectivity index (χ1v) is 3.41. The van der Waals surface area contributed by atoms with E-state index in [1.165, 1.54) is 6.92 Å². The van der Waals surface area contributed by atoms with Crippen LogP contribution in [-0.2, 0) is 4.74 Å². The Kier molecular flexibility index (Phi) is 2.46. The second-order valence-corrected chi connectivity index (χ2v) is 2.71. The van der Waals surface area contributed by atoms with Crippen LogP contribution in [0.15, 0.2) is 0 Å². The van der Waals surface area contributed by atoms with Gasteiger partial charge in [-0.1, -0.05) is 0 Å². The van der Waals surface area contributed by atoms with Crippen molar-refractivity contribution in [1.29, 1.82) is 0 Å². The van der Waals surface area contributed by atoms with E-state index in [9.17, 15) is 0 Å². The van der Waals surface area contributed by atoms with Crippen molar-refractivity contribution < 1.29 is 25.2 Å². The van der Waals surface area contributed by atoms with Gasteiger partial charge in [-0.2, -0.15) is 0 Å². The standard InChI is InChI=1S/C6H12O5/c1-2(7)5-3(8)4(9)6(10)11-5/h2-10H,1H3/t2-,3-,4+,5+,6?/m0/s1. The summed E-state index contributed by atoms with van der Waals surface area (Å²) in [6, 6.07) is 0. The summed E-state index contributed by atoms with van der Waals surface area (Å²) in [6.45, 7) is 1.42. The Bertz CT molecular complexity index is 137. The van der Waals surface area contributed by atoms with Crippen molar-refractivity contribution in [2.24, 2.45) is 0 Å². The zero-order valence-corrected chi connectivity index (χ0v) is 6.08. The zero-order valence-electron chi connectivity index (χ0n) is 6.08. The van der Waals surface area contributed by atoms with E-state index in [0.717, 1.165) is 0 Å². The Morgan fingerprint density at radius 1 is 1.18 bits per heavy atom. The van der Waals surface area contributed by atoms with E-state index in [4.69, 9.17) is 20.4 Å². The Labute approximate surface area is 63.8 Å². The summed E-state index contributed by atoms with van der Waals surface area (Å²) in [4.78, 5) is 0. The molecule has 0 aliphatic carbocycles. The van der Waals surface area contributed by atoms with Gasteiger partial charge in [0.05, 0.1) is 6.10 Å². The fourth-order valence-electron chi connectivity index (χ4n) is 1.08. The molecule has 0 radical (unpaired) electrons. The van der Waals surface area contributed by atoms with Crippen LogP contribution in [0.3, 0.4) is 0 Å². The maximum absolute atomic E-state index is 9.10. The Hall–Kier alpha value is -0.200. The van der Waals surface area contributed by atoms with Crippen LogP contribution in [0, 0.1) is 0 Å². The van der Waals surface area contributed by atoms with Crippen LogP contribution < -0.4 is 0 Å². The minimum Gasteiger partial charge on any atom is -0.391 e. The fourth-order valence-corrected chi connectivity index (χ4v) is 1.08. The lowest BCUT2D eigenvalue weighted by Gasteiger charge is -2.16. The van der Waals surface area contributed by atoms with Crippen LogP contribution in [-0.4, -0.2) is 51.1 Å². The molecule has 0 saturated carbocycles. The fraction of sp³-hybridized carbons (Fsp3) is 1.00. The third-order valence-corrected chi connectivity index (χ3v) is 1.75. The average molecular weight is 164 g/mol. The molecule has 4 N–H and O–H groups in total. The highest BCUT2D eigenvalue weighted by Gasteiger charge is 2.43. The molecule has 0 aromatic carbocycles. The highest BCUT2D eigenvalue weighted by atomic mass is 16.6. The van der Waals surface area contributed by atoms with Gasteiger partial charge >= 0.3 is 0 Å². The van der Waals surface area contributed by atoms with Crippen molar-refractivity contribution in [1.82, 2.24) is 0 Å². The summed E-state index contributed by atoms with van der Waals surface area (Å²) in [7, 11) is 0. The lowest BCUT2D eigenvalue weighted by atomic mass is 10.1. The summed E-state index contributed by atoms with van der Waals surface area (Å²) < 4.78 is 4.65. The van der Waals surface area contributed by atoms with E-state index in [1.807, 2.05) is 0 Å². The van der Waals surface area contributed by atoms with Gasteiger partial charge in [-0.15, -0.1) is 0 Å². The van der Waals surface area contributed by atoms with Crippen molar-refractivity contribution in [2.45, 2.75) is 37.6 Å². The zero-order chi connectivity index (χ0) is 8.59. The Balaban J connectivity index is 2.59. The lowest BCUT2D eigenvalue weighted by Crippen LogP contribution is -2.37. The van der Waals surface area contributed by atoms with Crippen molar-refractivity contribution in [3.8, 4) is 0 Å². The van der Waals surface area contributed by atoms with Crippen molar-refractivity contribution in [3.63, 3.8) is 0 Å². The first-order chi connectivity index (χ1) is 5.04. The van der Waals surface area contributed by atoms with Crippen LogP contribution in [0.1, 0.15) is 6.92 Å². The summed E-state index contributed by atoms with van der Waals surface area (Å²) >= 11 is 0. The quantitative estimate of drug-likeness (QED) is 0.353. The largest absolute Gasteiger partial charge is 0.391 e. The van der Waals surface area contributed by atoms with E-state index in [2.05, 4.69) is 4.74 Å². The van der Waals surface area contributed by atoms with Crippen LogP contribution in [0.2, 0.25) is 0 Å². The molecule has 11 heavy (non-hydrogen) atoms. The van der Waals surface area contributed by atoms with Gasteiger partial charge in [0.2, 0.25) is 0 Å². The maximum Gasteiger partial charge on any atom is 0.184 e. The molecule has 1 aliphatic rings. The topological polar surface area (TPSA) is 90.2 Å². The maximum atomic E-state index is 9.10. The molecule has 1 unspecified atom stereocenters. The van der Waals surface area contributed by atoms with Gasteiger partial charge < -0.3 is 25.2 Å². The third-order valence-electron chi connectivity index (χ3n) is 1.75. The van der Waals surface area contributed by atoms with Crippen LogP contribution in [0.4, 0.5) is 0 Å². The minimum atomic E-state index is -1.40. The van der Waals surface area contributed by atoms with E-state index in [1.54, 1.807) is 0 Å². The number of aliphatic hydroxyl groups excluding tert-OH is 4. The molecule has 66 valence electrons. The van der Waals surface area contributed by atoms with E-state index < -0.39 is 30.7 Å². The first kappa shape index (κ1) is 8.89. The van der Waals surface area contributed by atoms with Gasteiger partial charge in [0.1, 0.15) is 18.3 Å². The number of hydrogen-bond acceptors (Lipinski definition) is 5. The van der Waals surface area contributed by atoms with Gasteiger partial charge in [0.25, 0.3) is 0 Å². The second-order valence-electron chi connectivity index (χ2n) is 2.71. The van der Waals surface area contributed by atoms with Gasteiger partial charge in [0, 0.05) is 0 Å². The second kappa shape index (κ2) is 3.04. The summed E-state index contributed by atoms with van der Waals surface area (Å²) in [5.74, 6) is 0. The molecule has 1 aliphatic heterocycles. The number of hydrogen-bond donors (Lipinski definition) is 4. The highest BCUT2D eigenvalue weighted by molar-refractivity contribution is 4.88. The van der Waals surface area contributed by atoms with Crippen LogP contribution in [0.25, 0.3) is 0 Å². The molecule has 0 spiro atoms. The Morgan fingerprint density at radius 2 is 1.73 bits per heavy atom. The molecule has 1 heterocycles. The summed E-state index contributed by atoms with van der Waals surface area (Å²) in [5.41, 5.74) is 0. The molecule has 5 heteroatoms. The molecule has 5 nitrogen and oxygen atoms in total.